The standard InChI is InChI=1S/C13H23N3O2.2ClH/c17-13(7-12-8-14-4-6-18-12)15-10-3-5-16(9-10)11-1-2-11;;/h10-12,14H,1-9H2,(H,15,17);2*1H. The summed E-state index contributed by atoms with van der Waals surface area (Å²) in [5.74, 6) is 0.145. The Hall–Kier alpha value is -0.0700. The molecule has 0 spiro atoms. The molecule has 2 atom stereocenters. The molecule has 3 rings (SSSR count). The largest absolute Gasteiger partial charge is 0.375 e. The van der Waals surface area contributed by atoms with Crippen molar-refractivity contribution < 1.29 is 9.53 Å². The van der Waals surface area contributed by atoms with Gasteiger partial charge in [-0.2, -0.15) is 0 Å². The summed E-state index contributed by atoms with van der Waals surface area (Å²) >= 11 is 0. The molecule has 0 aromatic carbocycles. The van der Waals surface area contributed by atoms with Gasteiger partial charge < -0.3 is 15.4 Å². The van der Waals surface area contributed by atoms with Gasteiger partial charge in [0.1, 0.15) is 0 Å². The summed E-state index contributed by atoms with van der Waals surface area (Å²) in [6.45, 7) is 4.61. The first-order chi connectivity index (χ1) is 8.81. The Morgan fingerprint density at radius 3 is 2.75 bits per heavy atom. The van der Waals surface area contributed by atoms with Gasteiger partial charge in [0.05, 0.1) is 19.1 Å². The van der Waals surface area contributed by atoms with Crippen LogP contribution >= 0.6 is 24.8 Å². The molecule has 2 N–H and O–H groups in total. The topological polar surface area (TPSA) is 53.6 Å². The van der Waals surface area contributed by atoms with Gasteiger partial charge in [0, 0.05) is 38.3 Å². The van der Waals surface area contributed by atoms with E-state index >= 15 is 0 Å². The highest BCUT2D eigenvalue weighted by molar-refractivity contribution is 5.85. The molecule has 5 nitrogen and oxygen atoms in total. The number of halogens is 2. The van der Waals surface area contributed by atoms with Crippen molar-refractivity contribution in [3.05, 3.63) is 0 Å². The van der Waals surface area contributed by atoms with E-state index in [-0.39, 0.29) is 36.8 Å². The zero-order chi connectivity index (χ0) is 12.4. The number of ether oxygens (including phenoxy) is 1. The number of amides is 1. The molecule has 0 bridgehead atoms. The van der Waals surface area contributed by atoms with Gasteiger partial charge in [0.2, 0.25) is 5.91 Å². The molecule has 20 heavy (non-hydrogen) atoms. The monoisotopic (exact) mass is 325 g/mol. The van der Waals surface area contributed by atoms with Gasteiger partial charge in [-0.25, -0.2) is 0 Å². The van der Waals surface area contributed by atoms with Crippen molar-refractivity contribution in [3.63, 3.8) is 0 Å². The molecule has 3 aliphatic rings. The lowest BCUT2D eigenvalue weighted by molar-refractivity contribution is -0.125. The van der Waals surface area contributed by atoms with Crippen LogP contribution in [0.5, 0.6) is 0 Å². The van der Waals surface area contributed by atoms with Crippen LogP contribution in [0.4, 0.5) is 0 Å². The molecule has 2 aliphatic heterocycles. The number of carbonyl (C=O) groups is 1. The highest BCUT2D eigenvalue weighted by atomic mass is 35.5. The van der Waals surface area contributed by atoms with Crippen molar-refractivity contribution in [2.75, 3.05) is 32.8 Å². The van der Waals surface area contributed by atoms with Crippen LogP contribution in [0.3, 0.4) is 0 Å². The number of rotatable bonds is 4. The number of likely N-dealkylation sites (tertiary alicyclic amines) is 1. The third kappa shape index (κ3) is 5.04. The van der Waals surface area contributed by atoms with Crippen molar-refractivity contribution in [3.8, 4) is 0 Å². The highest BCUT2D eigenvalue weighted by Gasteiger charge is 2.34. The lowest BCUT2D eigenvalue weighted by Gasteiger charge is -2.24. The average molecular weight is 326 g/mol. The third-order valence-corrected chi connectivity index (χ3v) is 4.07. The Morgan fingerprint density at radius 2 is 2.10 bits per heavy atom. The first-order valence-electron chi connectivity index (χ1n) is 7.17. The summed E-state index contributed by atoms with van der Waals surface area (Å²) < 4.78 is 5.55. The van der Waals surface area contributed by atoms with Gasteiger partial charge in [-0.1, -0.05) is 0 Å². The lowest BCUT2D eigenvalue weighted by atomic mass is 10.2. The maximum Gasteiger partial charge on any atom is 0.222 e. The van der Waals surface area contributed by atoms with Crippen LogP contribution in [0, 0.1) is 0 Å². The molecule has 1 saturated carbocycles. The second kappa shape index (κ2) is 8.39. The quantitative estimate of drug-likeness (QED) is 0.793. The average Bonchev–Trinajstić information content (AvgIpc) is 3.12. The predicted molar refractivity (Wildman–Crippen MR) is 82.9 cm³/mol. The van der Waals surface area contributed by atoms with Gasteiger partial charge in [-0.3, -0.25) is 9.69 Å². The first-order valence-corrected chi connectivity index (χ1v) is 7.17. The second-order valence-corrected chi connectivity index (χ2v) is 5.68. The van der Waals surface area contributed by atoms with E-state index < -0.39 is 0 Å². The molecule has 1 amide bonds. The van der Waals surface area contributed by atoms with Gasteiger partial charge in [0.15, 0.2) is 0 Å². The van der Waals surface area contributed by atoms with Crippen LogP contribution in [0.25, 0.3) is 0 Å². The highest BCUT2D eigenvalue weighted by Crippen LogP contribution is 2.29. The molecule has 3 fully saturated rings. The summed E-state index contributed by atoms with van der Waals surface area (Å²) in [6, 6.07) is 1.17. The Morgan fingerprint density at radius 1 is 1.30 bits per heavy atom. The number of hydrogen-bond acceptors (Lipinski definition) is 4. The van der Waals surface area contributed by atoms with Gasteiger partial charge in [-0.15, -0.1) is 24.8 Å². The molecule has 118 valence electrons. The van der Waals surface area contributed by atoms with Crippen LogP contribution in [0.15, 0.2) is 0 Å². The van der Waals surface area contributed by atoms with Crippen LogP contribution in [-0.4, -0.2) is 61.8 Å². The Bertz CT molecular complexity index is 310. The number of morpholine rings is 1. The Labute approximate surface area is 133 Å². The van der Waals surface area contributed by atoms with Crippen LogP contribution < -0.4 is 10.6 Å². The summed E-state index contributed by atoms with van der Waals surface area (Å²) in [4.78, 5) is 14.4. The van der Waals surface area contributed by atoms with Crippen LogP contribution in [0.2, 0.25) is 0 Å². The summed E-state index contributed by atoms with van der Waals surface area (Å²) in [7, 11) is 0. The van der Waals surface area contributed by atoms with Crippen molar-refractivity contribution in [2.24, 2.45) is 0 Å². The van der Waals surface area contributed by atoms with Gasteiger partial charge in [-0.05, 0) is 19.3 Å². The minimum absolute atomic E-state index is 0. The van der Waals surface area contributed by atoms with E-state index in [1.54, 1.807) is 0 Å². The SMILES string of the molecule is Cl.Cl.O=C(CC1CNCCO1)NC1CCN(C2CC2)C1. The minimum Gasteiger partial charge on any atom is -0.375 e. The van der Waals surface area contributed by atoms with Crippen molar-refractivity contribution >= 4 is 30.7 Å². The fraction of sp³-hybridized carbons (Fsp3) is 0.923. The summed E-state index contributed by atoms with van der Waals surface area (Å²) in [5, 5.41) is 6.40. The van der Waals surface area contributed by atoms with E-state index in [9.17, 15) is 4.79 Å². The maximum atomic E-state index is 11.9. The van der Waals surface area contributed by atoms with E-state index in [0.717, 1.165) is 45.2 Å². The van der Waals surface area contributed by atoms with E-state index in [4.69, 9.17) is 4.74 Å². The van der Waals surface area contributed by atoms with Crippen molar-refractivity contribution in [1.29, 1.82) is 0 Å². The number of nitrogens with one attached hydrogen (secondary N) is 2. The molecule has 2 unspecified atom stereocenters. The molecule has 0 aromatic rings. The third-order valence-electron chi connectivity index (χ3n) is 4.07. The zero-order valence-corrected chi connectivity index (χ0v) is 13.3. The lowest BCUT2D eigenvalue weighted by Crippen LogP contribution is -2.44. The Balaban J connectivity index is 0.000001000. The molecule has 0 radical (unpaired) electrons. The number of hydrogen-bond donors (Lipinski definition) is 2. The van der Waals surface area contributed by atoms with E-state index in [2.05, 4.69) is 15.5 Å². The van der Waals surface area contributed by atoms with Gasteiger partial charge >= 0.3 is 0 Å². The molecule has 2 saturated heterocycles. The minimum atomic E-state index is 0. The van der Waals surface area contributed by atoms with E-state index in [0.29, 0.717) is 12.5 Å². The van der Waals surface area contributed by atoms with Crippen LogP contribution in [0.1, 0.15) is 25.7 Å². The molecular formula is C13H25Cl2N3O2. The number of carbonyl (C=O) groups excluding carboxylic acids is 1. The van der Waals surface area contributed by atoms with Crippen LogP contribution in [-0.2, 0) is 9.53 Å². The molecular weight excluding hydrogens is 301 g/mol. The maximum absolute atomic E-state index is 11.9. The predicted octanol–water partition coefficient (Wildman–Crippen LogP) is 0.561. The Kier molecular flexibility index (Phi) is 7.54. The molecule has 0 aromatic heterocycles. The zero-order valence-electron chi connectivity index (χ0n) is 11.7. The molecule has 7 heteroatoms. The number of nitrogens with zero attached hydrogens (tertiary/aromatic N) is 1. The fourth-order valence-electron chi connectivity index (χ4n) is 2.92. The van der Waals surface area contributed by atoms with E-state index in [1.165, 1.54) is 12.8 Å². The van der Waals surface area contributed by atoms with Crippen molar-refractivity contribution in [2.45, 2.75) is 43.9 Å². The smallest absolute Gasteiger partial charge is 0.222 e. The fourth-order valence-corrected chi connectivity index (χ4v) is 2.92. The van der Waals surface area contributed by atoms with Crippen molar-refractivity contribution in [1.82, 2.24) is 15.5 Å². The first kappa shape index (κ1) is 18.0. The normalized spacial score (nSPS) is 30.2. The van der Waals surface area contributed by atoms with Gasteiger partial charge in [0.25, 0.3) is 0 Å². The summed E-state index contributed by atoms with van der Waals surface area (Å²) in [5.41, 5.74) is 0. The second-order valence-electron chi connectivity index (χ2n) is 5.68. The summed E-state index contributed by atoms with van der Waals surface area (Å²) in [6.07, 6.45) is 4.35. The van der Waals surface area contributed by atoms with E-state index in [1.807, 2.05) is 0 Å². The molecule has 2 heterocycles. The molecule has 1 aliphatic carbocycles.